The van der Waals surface area contributed by atoms with E-state index in [9.17, 15) is 4.79 Å². The van der Waals surface area contributed by atoms with Gasteiger partial charge >= 0.3 is 0 Å². The standard InChI is InChI=1S/C14H28N2O2/c1-4-12(2)16(9-10-18-3)13(17)11-14(15)7-5-6-8-14/h12H,4-11,15H2,1-3H3. The van der Waals surface area contributed by atoms with Crippen LogP contribution in [0.25, 0.3) is 0 Å². The maximum atomic E-state index is 12.4. The van der Waals surface area contributed by atoms with E-state index in [-0.39, 0.29) is 17.5 Å². The molecule has 0 aromatic heterocycles. The van der Waals surface area contributed by atoms with Gasteiger partial charge in [0.05, 0.1) is 6.61 Å². The number of amides is 1. The molecule has 0 aromatic carbocycles. The summed E-state index contributed by atoms with van der Waals surface area (Å²) in [5, 5.41) is 0. The Bertz CT molecular complexity index is 263. The van der Waals surface area contributed by atoms with E-state index in [0.29, 0.717) is 19.6 Å². The lowest BCUT2D eigenvalue weighted by Gasteiger charge is -2.32. The Labute approximate surface area is 111 Å². The van der Waals surface area contributed by atoms with Gasteiger partial charge in [0.15, 0.2) is 0 Å². The molecule has 1 fully saturated rings. The first-order valence-electron chi connectivity index (χ1n) is 7.09. The van der Waals surface area contributed by atoms with Gasteiger partial charge in [-0.05, 0) is 26.2 Å². The molecular formula is C14H28N2O2. The summed E-state index contributed by atoms with van der Waals surface area (Å²) >= 11 is 0. The molecule has 4 nitrogen and oxygen atoms in total. The zero-order chi connectivity index (χ0) is 13.6. The molecule has 1 saturated carbocycles. The highest BCUT2D eigenvalue weighted by Crippen LogP contribution is 2.30. The molecule has 1 aliphatic rings. The number of hydrogen-bond acceptors (Lipinski definition) is 3. The lowest BCUT2D eigenvalue weighted by molar-refractivity contribution is -0.135. The van der Waals surface area contributed by atoms with E-state index in [2.05, 4.69) is 13.8 Å². The van der Waals surface area contributed by atoms with Crippen LogP contribution in [0.3, 0.4) is 0 Å². The summed E-state index contributed by atoms with van der Waals surface area (Å²) in [6.45, 7) is 5.45. The molecule has 1 rings (SSSR count). The molecule has 1 unspecified atom stereocenters. The lowest BCUT2D eigenvalue weighted by atomic mass is 9.93. The molecule has 0 heterocycles. The van der Waals surface area contributed by atoms with Crippen LogP contribution >= 0.6 is 0 Å². The zero-order valence-corrected chi connectivity index (χ0v) is 12.1. The summed E-state index contributed by atoms with van der Waals surface area (Å²) in [6.07, 6.45) is 5.74. The molecule has 0 bridgehead atoms. The van der Waals surface area contributed by atoms with Crippen molar-refractivity contribution in [3.8, 4) is 0 Å². The van der Waals surface area contributed by atoms with Crippen molar-refractivity contribution in [1.29, 1.82) is 0 Å². The SMILES string of the molecule is CCC(C)N(CCOC)C(=O)CC1(N)CCCC1. The van der Waals surface area contributed by atoms with Crippen LogP contribution in [0.4, 0.5) is 0 Å². The number of rotatable bonds is 7. The van der Waals surface area contributed by atoms with Crippen LogP contribution in [0.1, 0.15) is 52.4 Å². The maximum Gasteiger partial charge on any atom is 0.224 e. The number of nitrogens with zero attached hydrogens (tertiary/aromatic N) is 1. The van der Waals surface area contributed by atoms with Crippen molar-refractivity contribution in [1.82, 2.24) is 4.90 Å². The van der Waals surface area contributed by atoms with Crippen molar-refractivity contribution in [2.45, 2.75) is 64.0 Å². The third kappa shape index (κ3) is 4.25. The quantitative estimate of drug-likeness (QED) is 0.757. The van der Waals surface area contributed by atoms with E-state index >= 15 is 0 Å². The molecule has 1 atom stereocenters. The second kappa shape index (κ2) is 7.10. The maximum absolute atomic E-state index is 12.4. The molecule has 0 radical (unpaired) electrons. The fourth-order valence-corrected chi connectivity index (χ4v) is 2.66. The molecule has 0 aliphatic heterocycles. The number of carbonyl (C=O) groups excluding carboxylic acids is 1. The monoisotopic (exact) mass is 256 g/mol. The highest BCUT2D eigenvalue weighted by Gasteiger charge is 2.33. The first-order valence-corrected chi connectivity index (χ1v) is 7.09. The fourth-order valence-electron chi connectivity index (χ4n) is 2.66. The number of methoxy groups -OCH3 is 1. The van der Waals surface area contributed by atoms with E-state index in [0.717, 1.165) is 32.1 Å². The zero-order valence-electron chi connectivity index (χ0n) is 12.1. The smallest absolute Gasteiger partial charge is 0.224 e. The third-order valence-electron chi connectivity index (χ3n) is 4.08. The summed E-state index contributed by atoms with van der Waals surface area (Å²) in [4.78, 5) is 14.3. The lowest BCUT2D eigenvalue weighted by Crippen LogP contribution is -2.47. The van der Waals surface area contributed by atoms with Crippen molar-refractivity contribution in [3.63, 3.8) is 0 Å². The summed E-state index contributed by atoms with van der Waals surface area (Å²) < 4.78 is 5.09. The van der Waals surface area contributed by atoms with Crippen LogP contribution < -0.4 is 5.73 Å². The van der Waals surface area contributed by atoms with E-state index < -0.39 is 0 Å². The van der Waals surface area contributed by atoms with Crippen LogP contribution in [0.15, 0.2) is 0 Å². The first-order chi connectivity index (χ1) is 8.52. The van der Waals surface area contributed by atoms with Gasteiger partial charge in [-0.1, -0.05) is 19.8 Å². The molecule has 2 N–H and O–H groups in total. The average Bonchev–Trinajstić information content (AvgIpc) is 2.75. The van der Waals surface area contributed by atoms with Gasteiger partial charge in [0.1, 0.15) is 0 Å². The Morgan fingerprint density at radius 3 is 2.56 bits per heavy atom. The average molecular weight is 256 g/mol. The summed E-state index contributed by atoms with van der Waals surface area (Å²) in [5.41, 5.74) is 6.04. The predicted molar refractivity (Wildman–Crippen MR) is 73.3 cm³/mol. The topological polar surface area (TPSA) is 55.6 Å². The van der Waals surface area contributed by atoms with Gasteiger partial charge in [-0.15, -0.1) is 0 Å². The molecule has 106 valence electrons. The molecule has 0 spiro atoms. The van der Waals surface area contributed by atoms with Gasteiger partial charge in [-0.3, -0.25) is 4.79 Å². The number of nitrogens with two attached hydrogens (primary N) is 1. The van der Waals surface area contributed by atoms with Crippen LogP contribution in [-0.4, -0.2) is 42.6 Å². The van der Waals surface area contributed by atoms with E-state index in [4.69, 9.17) is 10.5 Å². The Morgan fingerprint density at radius 2 is 2.06 bits per heavy atom. The van der Waals surface area contributed by atoms with Crippen molar-refractivity contribution in [3.05, 3.63) is 0 Å². The number of carbonyl (C=O) groups is 1. The van der Waals surface area contributed by atoms with Crippen molar-refractivity contribution in [2.75, 3.05) is 20.3 Å². The van der Waals surface area contributed by atoms with Gasteiger partial charge < -0.3 is 15.4 Å². The Hall–Kier alpha value is -0.610. The number of ether oxygens (including phenoxy) is 1. The Kier molecular flexibility index (Phi) is 6.09. The third-order valence-corrected chi connectivity index (χ3v) is 4.08. The normalized spacial score (nSPS) is 19.8. The molecule has 0 aromatic rings. The second-order valence-corrected chi connectivity index (χ2v) is 5.58. The summed E-state index contributed by atoms with van der Waals surface area (Å²) in [6, 6.07) is 0.262. The summed E-state index contributed by atoms with van der Waals surface area (Å²) in [5.74, 6) is 0.186. The summed E-state index contributed by atoms with van der Waals surface area (Å²) in [7, 11) is 1.67. The van der Waals surface area contributed by atoms with Gasteiger partial charge in [0, 0.05) is 31.7 Å². The van der Waals surface area contributed by atoms with Crippen molar-refractivity contribution >= 4 is 5.91 Å². The molecule has 0 saturated heterocycles. The van der Waals surface area contributed by atoms with Crippen LogP contribution in [0, 0.1) is 0 Å². The Balaban J connectivity index is 2.57. The van der Waals surface area contributed by atoms with Crippen LogP contribution in [-0.2, 0) is 9.53 Å². The minimum Gasteiger partial charge on any atom is -0.383 e. The minimum absolute atomic E-state index is 0.186. The van der Waals surface area contributed by atoms with E-state index in [1.54, 1.807) is 7.11 Å². The molecule has 4 heteroatoms. The van der Waals surface area contributed by atoms with Crippen LogP contribution in [0.5, 0.6) is 0 Å². The highest BCUT2D eigenvalue weighted by molar-refractivity contribution is 5.77. The van der Waals surface area contributed by atoms with Crippen molar-refractivity contribution < 1.29 is 9.53 Å². The minimum atomic E-state index is -0.254. The van der Waals surface area contributed by atoms with Crippen LogP contribution in [0.2, 0.25) is 0 Å². The van der Waals surface area contributed by atoms with E-state index in [1.165, 1.54) is 0 Å². The predicted octanol–water partition coefficient (Wildman–Crippen LogP) is 1.92. The molecular weight excluding hydrogens is 228 g/mol. The second-order valence-electron chi connectivity index (χ2n) is 5.58. The van der Waals surface area contributed by atoms with Gasteiger partial charge in [0.2, 0.25) is 5.91 Å². The Morgan fingerprint density at radius 1 is 1.44 bits per heavy atom. The fraction of sp³-hybridized carbons (Fsp3) is 0.929. The van der Waals surface area contributed by atoms with Gasteiger partial charge in [-0.25, -0.2) is 0 Å². The highest BCUT2D eigenvalue weighted by atomic mass is 16.5. The van der Waals surface area contributed by atoms with Gasteiger partial charge in [0.25, 0.3) is 0 Å². The number of hydrogen-bond donors (Lipinski definition) is 1. The molecule has 1 amide bonds. The van der Waals surface area contributed by atoms with E-state index in [1.807, 2.05) is 4.90 Å². The van der Waals surface area contributed by atoms with Gasteiger partial charge in [-0.2, -0.15) is 0 Å². The molecule has 18 heavy (non-hydrogen) atoms. The van der Waals surface area contributed by atoms with Crippen molar-refractivity contribution in [2.24, 2.45) is 5.73 Å². The largest absolute Gasteiger partial charge is 0.383 e. The first kappa shape index (κ1) is 15.4. The molecule has 1 aliphatic carbocycles.